The smallest absolute Gasteiger partial charge is 0.204 e. The third-order valence-electron chi connectivity index (χ3n) is 2.32. The Labute approximate surface area is 108 Å². The van der Waals surface area contributed by atoms with Crippen LogP contribution in [0.25, 0.3) is 0 Å². The summed E-state index contributed by atoms with van der Waals surface area (Å²) in [4.78, 5) is 11.0. The lowest BCUT2D eigenvalue weighted by atomic mass is 10.1. The zero-order chi connectivity index (χ0) is 12.3. The molecule has 0 saturated heterocycles. The summed E-state index contributed by atoms with van der Waals surface area (Å²) in [7, 11) is 4.60. The molecule has 5 heteroatoms. The molecule has 1 rings (SSSR count). The maximum atomic E-state index is 11.0. The topological polar surface area (TPSA) is 44.8 Å². The monoisotopic (exact) mass is 336 g/mol. The zero-order valence-corrected chi connectivity index (χ0v) is 11.7. The Bertz CT molecular complexity index is 384. The van der Waals surface area contributed by atoms with E-state index in [0.717, 1.165) is 15.4 Å². The van der Waals surface area contributed by atoms with Crippen molar-refractivity contribution in [3.8, 4) is 17.2 Å². The highest BCUT2D eigenvalue weighted by Crippen LogP contribution is 2.44. The van der Waals surface area contributed by atoms with Gasteiger partial charge in [-0.25, -0.2) is 0 Å². The van der Waals surface area contributed by atoms with Crippen LogP contribution < -0.4 is 14.2 Å². The highest BCUT2D eigenvalue weighted by Gasteiger charge is 2.22. The van der Waals surface area contributed by atoms with Gasteiger partial charge in [-0.15, -0.1) is 0 Å². The summed E-state index contributed by atoms with van der Waals surface area (Å²) < 4.78 is 16.5. The lowest BCUT2D eigenvalue weighted by molar-refractivity contribution is 0.112. The minimum Gasteiger partial charge on any atom is -0.492 e. The molecule has 0 aromatic heterocycles. The van der Waals surface area contributed by atoms with E-state index in [9.17, 15) is 4.79 Å². The van der Waals surface area contributed by atoms with Crippen molar-refractivity contribution in [2.75, 3.05) is 21.3 Å². The van der Waals surface area contributed by atoms with Crippen LogP contribution in [0, 0.1) is 10.5 Å². The summed E-state index contributed by atoms with van der Waals surface area (Å²) in [6.07, 6.45) is 0.793. The normalized spacial score (nSPS) is 9.81. The van der Waals surface area contributed by atoms with Crippen LogP contribution in [0.1, 0.15) is 15.9 Å². The number of rotatable bonds is 4. The van der Waals surface area contributed by atoms with Crippen LogP contribution in [0.5, 0.6) is 17.2 Å². The van der Waals surface area contributed by atoms with Crippen molar-refractivity contribution in [2.45, 2.75) is 6.92 Å². The van der Waals surface area contributed by atoms with Crippen LogP contribution in [0.4, 0.5) is 0 Å². The Kier molecular flexibility index (Phi) is 4.40. The van der Waals surface area contributed by atoms with E-state index in [-0.39, 0.29) is 0 Å². The van der Waals surface area contributed by atoms with E-state index in [4.69, 9.17) is 14.2 Å². The van der Waals surface area contributed by atoms with E-state index in [0.29, 0.717) is 22.8 Å². The van der Waals surface area contributed by atoms with Gasteiger partial charge in [-0.3, -0.25) is 4.79 Å². The summed E-state index contributed by atoms with van der Waals surface area (Å²) in [6.45, 7) is 1.81. The van der Waals surface area contributed by atoms with Gasteiger partial charge in [-0.05, 0) is 29.5 Å². The molecule has 0 aliphatic heterocycles. The molecule has 1 aromatic rings. The average Bonchev–Trinajstić information content (AvgIpc) is 2.29. The number of hydrogen-bond donors (Lipinski definition) is 0. The maximum absolute atomic E-state index is 11.0. The van der Waals surface area contributed by atoms with E-state index < -0.39 is 0 Å². The second-order valence-corrected chi connectivity index (χ2v) is 4.15. The number of hydrogen-bond acceptors (Lipinski definition) is 4. The molecule has 4 nitrogen and oxygen atoms in total. The first-order chi connectivity index (χ1) is 7.62. The molecular formula is C11H13IO4. The summed E-state index contributed by atoms with van der Waals surface area (Å²) in [5, 5.41) is 0. The van der Waals surface area contributed by atoms with E-state index in [1.807, 2.05) is 6.92 Å². The van der Waals surface area contributed by atoms with Gasteiger partial charge in [0.05, 0.1) is 24.9 Å². The number of carbonyl (C=O) groups excluding carboxylic acids is 1. The maximum Gasteiger partial charge on any atom is 0.204 e. The summed E-state index contributed by atoms with van der Waals surface area (Å²) in [5.41, 5.74) is 1.31. The number of methoxy groups -OCH3 is 3. The van der Waals surface area contributed by atoms with E-state index >= 15 is 0 Å². The lowest BCUT2D eigenvalue weighted by Crippen LogP contribution is -2.03. The van der Waals surface area contributed by atoms with Crippen molar-refractivity contribution in [2.24, 2.45) is 0 Å². The van der Waals surface area contributed by atoms with Crippen molar-refractivity contribution < 1.29 is 19.0 Å². The standard InChI is InChI=1S/C11H13IO4/c1-6-7(5-13)8(12)10(15-3)11(16-4)9(6)14-2/h5H,1-4H3. The third-order valence-corrected chi connectivity index (χ3v) is 3.39. The Morgan fingerprint density at radius 1 is 1.00 bits per heavy atom. The van der Waals surface area contributed by atoms with Gasteiger partial charge in [0.15, 0.2) is 17.8 Å². The fraction of sp³-hybridized carbons (Fsp3) is 0.364. The first-order valence-corrected chi connectivity index (χ1v) is 5.63. The summed E-state index contributed by atoms with van der Waals surface area (Å²) in [5.74, 6) is 1.56. The predicted molar refractivity (Wildman–Crippen MR) is 68.9 cm³/mol. The molecular weight excluding hydrogens is 323 g/mol. The lowest BCUT2D eigenvalue weighted by Gasteiger charge is -2.17. The van der Waals surface area contributed by atoms with Crippen molar-refractivity contribution >= 4 is 28.9 Å². The second kappa shape index (κ2) is 5.38. The van der Waals surface area contributed by atoms with Crippen LogP contribution in [0.3, 0.4) is 0 Å². The number of halogens is 1. The van der Waals surface area contributed by atoms with Gasteiger partial charge in [0.25, 0.3) is 0 Å². The predicted octanol–water partition coefficient (Wildman–Crippen LogP) is 2.44. The molecule has 0 amide bonds. The zero-order valence-electron chi connectivity index (χ0n) is 9.59. The molecule has 1 aromatic carbocycles. The molecule has 0 radical (unpaired) electrons. The number of aldehydes is 1. The largest absolute Gasteiger partial charge is 0.492 e. The molecule has 0 saturated carbocycles. The average molecular weight is 336 g/mol. The van der Waals surface area contributed by atoms with Crippen LogP contribution in [-0.4, -0.2) is 27.6 Å². The fourth-order valence-electron chi connectivity index (χ4n) is 1.54. The second-order valence-electron chi connectivity index (χ2n) is 3.07. The minimum absolute atomic E-state index is 0.512. The molecule has 0 spiro atoms. The summed E-state index contributed by atoms with van der Waals surface area (Å²) >= 11 is 2.06. The van der Waals surface area contributed by atoms with Crippen molar-refractivity contribution in [3.05, 3.63) is 14.7 Å². The van der Waals surface area contributed by atoms with Crippen molar-refractivity contribution in [1.29, 1.82) is 0 Å². The molecule has 16 heavy (non-hydrogen) atoms. The molecule has 0 aliphatic rings. The van der Waals surface area contributed by atoms with Gasteiger partial charge in [0.1, 0.15) is 0 Å². The third kappa shape index (κ3) is 1.95. The van der Waals surface area contributed by atoms with Gasteiger partial charge in [0, 0.05) is 11.1 Å². The number of ether oxygens (including phenoxy) is 3. The van der Waals surface area contributed by atoms with E-state index in [2.05, 4.69) is 22.6 Å². The molecule has 0 bridgehead atoms. The van der Waals surface area contributed by atoms with Gasteiger partial charge >= 0.3 is 0 Å². The van der Waals surface area contributed by atoms with Crippen LogP contribution in [0.15, 0.2) is 0 Å². The van der Waals surface area contributed by atoms with Gasteiger partial charge < -0.3 is 14.2 Å². The highest BCUT2D eigenvalue weighted by molar-refractivity contribution is 14.1. The highest BCUT2D eigenvalue weighted by atomic mass is 127. The Morgan fingerprint density at radius 3 is 1.88 bits per heavy atom. The first kappa shape index (κ1) is 13.1. The minimum atomic E-state index is 0.512. The van der Waals surface area contributed by atoms with E-state index in [1.54, 1.807) is 0 Å². The Hall–Kier alpha value is -0.980. The molecule has 0 aliphatic carbocycles. The van der Waals surface area contributed by atoms with Gasteiger partial charge in [-0.2, -0.15) is 0 Å². The van der Waals surface area contributed by atoms with Crippen LogP contribution in [-0.2, 0) is 0 Å². The fourth-order valence-corrected chi connectivity index (χ4v) is 2.53. The molecule has 0 fully saturated rings. The molecule has 88 valence electrons. The van der Waals surface area contributed by atoms with Crippen molar-refractivity contribution in [1.82, 2.24) is 0 Å². The molecule has 0 atom stereocenters. The quantitative estimate of drug-likeness (QED) is 0.626. The molecule has 0 heterocycles. The number of benzene rings is 1. The summed E-state index contributed by atoms with van der Waals surface area (Å²) in [6, 6.07) is 0. The number of carbonyl (C=O) groups is 1. The van der Waals surface area contributed by atoms with Crippen LogP contribution in [0.2, 0.25) is 0 Å². The van der Waals surface area contributed by atoms with Gasteiger partial charge in [0.2, 0.25) is 5.75 Å². The van der Waals surface area contributed by atoms with Gasteiger partial charge in [-0.1, -0.05) is 0 Å². The van der Waals surface area contributed by atoms with Crippen molar-refractivity contribution in [3.63, 3.8) is 0 Å². The Balaban J connectivity index is 3.67. The Morgan fingerprint density at radius 2 is 1.50 bits per heavy atom. The molecule has 0 N–H and O–H groups in total. The first-order valence-electron chi connectivity index (χ1n) is 4.55. The van der Waals surface area contributed by atoms with E-state index in [1.165, 1.54) is 21.3 Å². The van der Waals surface area contributed by atoms with Crippen LogP contribution >= 0.6 is 22.6 Å². The molecule has 0 unspecified atom stereocenters. The SMILES string of the molecule is COc1c(C)c(C=O)c(I)c(OC)c1OC.